The van der Waals surface area contributed by atoms with Gasteiger partial charge in [-0.05, 0) is 46.9 Å². The van der Waals surface area contributed by atoms with E-state index in [0.717, 1.165) is 12.1 Å². The van der Waals surface area contributed by atoms with Crippen molar-refractivity contribution in [2.75, 3.05) is 19.0 Å². The molecule has 0 saturated heterocycles. The monoisotopic (exact) mass is 369 g/mol. The highest BCUT2D eigenvalue weighted by molar-refractivity contribution is 5.70. The largest absolute Gasteiger partial charge is 0.378 e. The SMILES string of the molecule is CC(C)c1ccc(Cc2nccn3c(-c4ccc(N(C)C)cc4)ccc23)cc1. The molecular weight excluding hydrogens is 342 g/mol. The lowest BCUT2D eigenvalue weighted by molar-refractivity contribution is 0.865. The summed E-state index contributed by atoms with van der Waals surface area (Å²) in [6.07, 6.45) is 4.80. The second kappa shape index (κ2) is 7.51. The zero-order valence-electron chi connectivity index (χ0n) is 17.1. The number of anilines is 1. The van der Waals surface area contributed by atoms with Crippen LogP contribution in [0.1, 0.15) is 36.6 Å². The first-order valence-corrected chi connectivity index (χ1v) is 9.84. The zero-order chi connectivity index (χ0) is 19.7. The molecule has 0 radical (unpaired) electrons. The van der Waals surface area contributed by atoms with Gasteiger partial charge in [0.1, 0.15) is 0 Å². The molecule has 3 nitrogen and oxygen atoms in total. The third kappa shape index (κ3) is 3.53. The number of rotatable bonds is 5. The minimum Gasteiger partial charge on any atom is -0.378 e. The summed E-state index contributed by atoms with van der Waals surface area (Å²) in [5.74, 6) is 0.558. The predicted molar refractivity (Wildman–Crippen MR) is 118 cm³/mol. The molecule has 2 aromatic heterocycles. The van der Waals surface area contributed by atoms with E-state index < -0.39 is 0 Å². The van der Waals surface area contributed by atoms with E-state index in [2.05, 4.69) is 109 Å². The van der Waals surface area contributed by atoms with Crippen molar-refractivity contribution >= 4 is 11.2 Å². The van der Waals surface area contributed by atoms with E-state index in [1.165, 1.54) is 33.6 Å². The first-order valence-electron chi connectivity index (χ1n) is 9.84. The van der Waals surface area contributed by atoms with E-state index in [9.17, 15) is 0 Å². The number of nitrogens with zero attached hydrogens (tertiary/aromatic N) is 3. The molecule has 0 aliphatic carbocycles. The highest BCUT2D eigenvalue weighted by Gasteiger charge is 2.10. The molecule has 0 bridgehead atoms. The average Bonchev–Trinajstić information content (AvgIpc) is 3.13. The Morgan fingerprint density at radius 2 is 1.61 bits per heavy atom. The fourth-order valence-corrected chi connectivity index (χ4v) is 3.62. The molecule has 4 rings (SSSR count). The molecule has 0 aliphatic rings. The van der Waals surface area contributed by atoms with Gasteiger partial charge in [-0.25, -0.2) is 0 Å². The van der Waals surface area contributed by atoms with Crippen molar-refractivity contribution in [1.82, 2.24) is 9.38 Å². The lowest BCUT2D eigenvalue weighted by Crippen LogP contribution is -2.07. The molecule has 0 unspecified atom stereocenters. The maximum absolute atomic E-state index is 4.68. The van der Waals surface area contributed by atoms with E-state index in [-0.39, 0.29) is 0 Å². The second-order valence-electron chi connectivity index (χ2n) is 7.86. The number of aromatic nitrogens is 2. The van der Waals surface area contributed by atoms with Crippen molar-refractivity contribution in [2.24, 2.45) is 0 Å². The molecule has 0 atom stereocenters. The van der Waals surface area contributed by atoms with Gasteiger partial charge in [0.15, 0.2) is 0 Å². The summed E-state index contributed by atoms with van der Waals surface area (Å²) >= 11 is 0. The fourth-order valence-electron chi connectivity index (χ4n) is 3.62. The summed E-state index contributed by atoms with van der Waals surface area (Å²) in [4.78, 5) is 6.79. The van der Waals surface area contributed by atoms with Gasteiger partial charge in [-0.1, -0.05) is 50.2 Å². The van der Waals surface area contributed by atoms with Crippen LogP contribution in [0, 0.1) is 0 Å². The standard InChI is InChI=1S/C25H27N3/c1-18(2)20-7-5-19(6-8-20)17-23-25-14-13-24(28(25)16-15-26-23)21-9-11-22(12-10-21)27(3)4/h5-16,18H,17H2,1-4H3. The van der Waals surface area contributed by atoms with Crippen LogP contribution in [0.25, 0.3) is 16.8 Å². The van der Waals surface area contributed by atoms with Crippen LogP contribution in [0.5, 0.6) is 0 Å². The zero-order valence-corrected chi connectivity index (χ0v) is 17.1. The number of hydrogen-bond acceptors (Lipinski definition) is 2. The number of fused-ring (bicyclic) bond motifs is 1. The van der Waals surface area contributed by atoms with E-state index in [1.54, 1.807) is 0 Å². The van der Waals surface area contributed by atoms with Crippen molar-refractivity contribution < 1.29 is 0 Å². The number of hydrogen-bond donors (Lipinski definition) is 0. The van der Waals surface area contributed by atoms with Gasteiger partial charge in [0.05, 0.1) is 16.9 Å². The van der Waals surface area contributed by atoms with Gasteiger partial charge < -0.3 is 9.30 Å². The van der Waals surface area contributed by atoms with Gasteiger partial charge in [-0.2, -0.15) is 0 Å². The lowest BCUT2D eigenvalue weighted by atomic mass is 10.00. The Balaban J connectivity index is 1.66. The average molecular weight is 370 g/mol. The minimum absolute atomic E-state index is 0.558. The van der Waals surface area contributed by atoms with Crippen LogP contribution in [0.4, 0.5) is 5.69 Å². The van der Waals surface area contributed by atoms with Gasteiger partial charge >= 0.3 is 0 Å². The van der Waals surface area contributed by atoms with Crippen LogP contribution in [-0.2, 0) is 6.42 Å². The molecule has 28 heavy (non-hydrogen) atoms. The Morgan fingerprint density at radius 1 is 0.893 bits per heavy atom. The predicted octanol–water partition coefficient (Wildman–Crippen LogP) is 5.78. The highest BCUT2D eigenvalue weighted by atomic mass is 15.1. The smallest absolute Gasteiger partial charge is 0.0688 e. The van der Waals surface area contributed by atoms with Gasteiger partial charge in [-0.15, -0.1) is 0 Å². The van der Waals surface area contributed by atoms with Gasteiger partial charge in [0.25, 0.3) is 0 Å². The lowest BCUT2D eigenvalue weighted by Gasteiger charge is -2.13. The molecule has 2 heterocycles. The van der Waals surface area contributed by atoms with Gasteiger partial charge in [0.2, 0.25) is 0 Å². The summed E-state index contributed by atoms with van der Waals surface area (Å²) in [6.45, 7) is 4.45. The molecule has 4 aromatic rings. The minimum atomic E-state index is 0.558. The van der Waals surface area contributed by atoms with E-state index in [0.29, 0.717) is 5.92 Å². The van der Waals surface area contributed by atoms with Crippen LogP contribution in [0.3, 0.4) is 0 Å². The third-order valence-electron chi connectivity index (χ3n) is 5.36. The molecule has 3 heteroatoms. The van der Waals surface area contributed by atoms with Gasteiger partial charge in [0, 0.05) is 38.6 Å². The Bertz CT molecular complexity index is 1070. The quantitative estimate of drug-likeness (QED) is 0.444. The van der Waals surface area contributed by atoms with Crippen molar-refractivity contribution in [3.63, 3.8) is 0 Å². The van der Waals surface area contributed by atoms with Crippen LogP contribution in [0.2, 0.25) is 0 Å². The van der Waals surface area contributed by atoms with Crippen molar-refractivity contribution in [3.05, 3.63) is 89.9 Å². The van der Waals surface area contributed by atoms with E-state index in [1.807, 2.05) is 6.20 Å². The normalized spacial score (nSPS) is 11.3. The summed E-state index contributed by atoms with van der Waals surface area (Å²) in [5.41, 5.74) is 8.56. The Morgan fingerprint density at radius 3 is 2.25 bits per heavy atom. The van der Waals surface area contributed by atoms with Gasteiger partial charge in [-0.3, -0.25) is 4.98 Å². The Kier molecular flexibility index (Phi) is 4.91. The third-order valence-corrected chi connectivity index (χ3v) is 5.36. The first kappa shape index (κ1) is 18.3. The van der Waals surface area contributed by atoms with Crippen LogP contribution in [0.15, 0.2) is 73.1 Å². The van der Waals surface area contributed by atoms with Crippen molar-refractivity contribution in [3.8, 4) is 11.3 Å². The summed E-state index contributed by atoms with van der Waals surface area (Å²) in [6, 6.07) is 22.0. The topological polar surface area (TPSA) is 20.5 Å². The van der Waals surface area contributed by atoms with Crippen LogP contribution in [-0.4, -0.2) is 23.5 Å². The molecule has 0 fully saturated rings. The summed E-state index contributed by atoms with van der Waals surface area (Å²) < 4.78 is 2.25. The van der Waals surface area contributed by atoms with Crippen molar-refractivity contribution in [1.29, 1.82) is 0 Å². The summed E-state index contributed by atoms with van der Waals surface area (Å²) in [7, 11) is 4.13. The molecule has 2 aromatic carbocycles. The highest BCUT2D eigenvalue weighted by Crippen LogP contribution is 2.26. The van der Waals surface area contributed by atoms with Crippen LogP contribution < -0.4 is 4.90 Å². The first-order chi connectivity index (χ1) is 13.5. The fraction of sp³-hybridized carbons (Fsp3) is 0.240. The number of benzene rings is 2. The maximum Gasteiger partial charge on any atom is 0.0688 e. The Hall–Kier alpha value is -3.07. The molecule has 0 aliphatic heterocycles. The molecule has 0 saturated carbocycles. The van der Waals surface area contributed by atoms with Crippen LogP contribution >= 0.6 is 0 Å². The molecule has 0 amide bonds. The second-order valence-corrected chi connectivity index (χ2v) is 7.86. The summed E-state index contributed by atoms with van der Waals surface area (Å²) in [5, 5.41) is 0. The molecule has 142 valence electrons. The maximum atomic E-state index is 4.68. The molecule has 0 N–H and O–H groups in total. The van der Waals surface area contributed by atoms with E-state index in [4.69, 9.17) is 0 Å². The van der Waals surface area contributed by atoms with E-state index >= 15 is 0 Å². The Labute approximate surface area is 167 Å². The molecular formula is C25H27N3. The molecule has 0 spiro atoms. The van der Waals surface area contributed by atoms with Crippen molar-refractivity contribution in [2.45, 2.75) is 26.2 Å².